The normalized spacial score (nSPS) is 17.1. The van der Waals surface area contributed by atoms with Crippen molar-refractivity contribution < 1.29 is 24.2 Å². The Balaban J connectivity index is 1.82. The maximum absolute atomic E-state index is 13.5. The van der Waals surface area contributed by atoms with Crippen LogP contribution in [0.5, 0.6) is 11.5 Å². The molecule has 1 saturated heterocycles. The van der Waals surface area contributed by atoms with Crippen LogP contribution in [0.2, 0.25) is 0 Å². The molecule has 6 nitrogen and oxygen atoms in total. The Morgan fingerprint density at radius 2 is 1.62 bits per heavy atom. The summed E-state index contributed by atoms with van der Waals surface area (Å²) in [6, 6.07) is 19.8. The predicted molar refractivity (Wildman–Crippen MR) is 153 cm³/mol. The zero-order valence-electron chi connectivity index (χ0n) is 23.7. The van der Waals surface area contributed by atoms with Crippen molar-refractivity contribution in [3.63, 3.8) is 0 Å². The Bertz CT molecular complexity index is 1400. The summed E-state index contributed by atoms with van der Waals surface area (Å²) in [5.41, 5.74) is 4.05. The number of aliphatic hydroxyl groups is 1. The third-order valence-electron chi connectivity index (χ3n) is 6.96. The minimum atomic E-state index is -0.743. The van der Waals surface area contributed by atoms with E-state index >= 15 is 0 Å². The lowest BCUT2D eigenvalue weighted by molar-refractivity contribution is -0.140. The van der Waals surface area contributed by atoms with Gasteiger partial charge in [-0.15, -0.1) is 0 Å². The van der Waals surface area contributed by atoms with E-state index in [0.29, 0.717) is 17.1 Å². The number of aryl methyl sites for hydroxylation is 1. The molecule has 0 radical (unpaired) electrons. The lowest BCUT2D eigenvalue weighted by atomic mass is 9.85. The number of Topliss-reactive ketones (excluding diaryl/α,β-unsaturated/α-hetero) is 1. The van der Waals surface area contributed by atoms with Crippen LogP contribution in [0, 0.1) is 6.92 Å². The van der Waals surface area contributed by atoms with Crippen LogP contribution in [-0.2, 0) is 21.5 Å². The largest absolute Gasteiger partial charge is 0.507 e. The van der Waals surface area contributed by atoms with Gasteiger partial charge in [-0.2, -0.15) is 0 Å². The molecule has 1 unspecified atom stereocenters. The molecule has 0 aromatic heterocycles. The summed E-state index contributed by atoms with van der Waals surface area (Å²) < 4.78 is 11.1. The second-order valence-corrected chi connectivity index (χ2v) is 11.3. The lowest BCUT2D eigenvalue weighted by Gasteiger charge is -2.27. The van der Waals surface area contributed by atoms with Crippen LogP contribution >= 0.6 is 0 Å². The molecule has 1 aliphatic rings. The molecular weight excluding hydrogens is 490 g/mol. The van der Waals surface area contributed by atoms with E-state index in [9.17, 15) is 14.7 Å². The number of carbonyl (C=O) groups is 2. The van der Waals surface area contributed by atoms with Gasteiger partial charge in [0.1, 0.15) is 17.3 Å². The van der Waals surface area contributed by atoms with Gasteiger partial charge in [-0.1, -0.05) is 57.2 Å². The van der Waals surface area contributed by atoms with Crippen molar-refractivity contribution in [2.45, 2.75) is 65.6 Å². The number of methoxy groups -OCH3 is 1. The number of benzene rings is 3. The van der Waals surface area contributed by atoms with Gasteiger partial charge in [0.05, 0.1) is 24.8 Å². The Hall–Kier alpha value is -4.06. The Morgan fingerprint density at radius 3 is 2.15 bits per heavy atom. The summed E-state index contributed by atoms with van der Waals surface area (Å²) in [5, 5.41) is 11.5. The summed E-state index contributed by atoms with van der Waals surface area (Å²) in [6.45, 7) is 12.4. The quantitative estimate of drug-likeness (QED) is 0.210. The van der Waals surface area contributed by atoms with Crippen LogP contribution in [0.1, 0.15) is 68.5 Å². The first-order valence-electron chi connectivity index (χ1n) is 13.2. The Kier molecular flexibility index (Phi) is 7.86. The molecule has 1 N–H and O–H groups in total. The van der Waals surface area contributed by atoms with Crippen molar-refractivity contribution in [2.24, 2.45) is 0 Å². The highest BCUT2D eigenvalue weighted by Gasteiger charge is 2.46. The molecule has 6 heteroatoms. The van der Waals surface area contributed by atoms with Crippen LogP contribution in [-0.4, -0.2) is 34.9 Å². The number of nitrogens with zero attached hydrogens (tertiary/aromatic N) is 1. The highest BCUT2D eigenvalue weighted by molar-refractivity contribution is 6.46. The molecule has 4 rings (SSSR count). The number of amides is 1. The maximum atomic E-state index is 13.5. The van der Waals surface area contributed by atoms with Crippen LogP contribution in [0.25, 0.3) is 5.76 Å². The van der Waals surface area contributed by atoms with E-state index in [1.54, 1.807) is 25.3 Å². The summed E-state index contributed by atoms with van der Waals surface area (Å²) in [5.74, 6) is -0.138. The molecule has 0 spiro atoms. The van der Waals surface area contributed by atoms with Gasteiger partial charge in [0.25, 0.3) is 11.7 Å². The third-order valence-corrected chi connectivity index (χ3v) is 6.96. The van der Waals surface area contributed by atoms with Crippen molar-refractivity contribution in [2.75, 3.05) is 7.11 Å². The molecular formula is C33H37NO5. The average Bonchev–Trinajstić information content (AvgIpc) is 3.14. The van der Waals surface area contributed by atoms with Crippen LogP contribution in [0.3, 0.4) is 0 Å². The number of hydrogen-bond donors (Lipinski definition) is 1. The number of ketones is 1. The second-order valence-electron chi connectivity index (χ2n) is 11.3. The molecule has 1 fully saturated rings. The smallest absolute Gasteiger partial charge is 0.295 e. The SMILES string of the molecule is COc1ccc(CN2C(=O)C(=O)/C(=C(\O)c3ccc(OC(C)C)c(C)c3)C2c2ccc(C(C)(C)C)cc2)cc1. The Morgan fingerprint density at radius 1 is 0.974 bits per heavy atom. The summed E-state index contributed by atoms with van der Waals surface area (Å²) >= 11 is 0. The molecule has 0 bridgehead atoms. The highest BCUT2D eigenvalue weighted by atomic mass is 16.5. The number of carbonyl (C=O) groups excluding carboxylic acids is 2. The van der Waals surface area contributed by atoms with E-state index in [0.717, 1.165) is 22.3 Å². The first kappa shape index (κ1) is 28.0. The lowest BCUT2D eigenvalue weighted by Crippen LogP contribution is -2.29. The third kappa shape index (κ3) is 5.85. The van der Waals surface area contributed by atoms with Gasteiger partial charge in [-0.25, -0.2) is 0 Å². The van der Waals surface area contributed by atoms with Gasteiger partial charge >= 0.3 is 0 Å². The minimum Gasteiger partial charge on any atom is -0.507 e. The van der Waals surface area contributed by atoms with Gasteiger partial charge in [0.15, 0.2) is 0 Å². The standard InChI is InChI=1S/C33H37NO5/c1-20(2)39-27-17-12-24(18-21(27)3)30(35)28-29(23-10-13-25(14-11-23)33(4,5)6)34(32(37)31(28)36)19-22-8-15-26(38-7)16-9-22/h8-18,20,29,35H,19H2,1-7H3/b30-28-. The predicted octanol–water partition coefficient (Wildman–Crippen LogP) is 6.71. The number of ether oxygens (including phenoxy) is 2. The highest BCUT2D eigenvalue weighted by Crippen LogP contribution is 2.41. The van der Waals surface area contributed by atoms with Crippen LogP contribution in [0.4, 0.5) is 0 Å². The topological polar surface area (TPSA) is 76.1 Å². The van der Waals surface area contributed by atoms with Gasteiger partial charge in [0.2, 0.25) is 0 Å². The number of hydrogen-bond acceptors (Lipinski definition) is 5. The second kappa shape index (κ2) is 11.0. The van der Waals surface area contributed by atoms with Gasteiger partial charge in [-0.05, 0) is 78.8 Å². The molecule has 0 saturated carbocycles. The van der Waals surface area contributed by atoms with Crippen molar-refractivity contribution in [3.8, 4) is 11.5 Å². The summed E-state index contributed by atoms with van der Waals surface area (Å²) in [7, 11) is 1.60. The number of aliphatic hydroxyl groups excluding tert-OH is 1. The molecule has 1 heterocycles. The van der Waals surface area contributed by atoms with E-state index in [1.807, 2.05) is 69.3 Å². The fourth-order valence-electron chi connectivity index (χ4n) is 4.82. The monoisotopic (exact) mass is 527 g/mol. The zero-order chi connectivity index (χ0) is 28.5. The van der Waals surface area contributed by atoms with Gasteiger partial charge in [0, 0.05) is 12.1 Å². The van der Waals surface area contributed by atoms with Crippen molar-refractivity contribution >= 4 is 17.4 Å². The van der Waals surface area contributed by atoms with E-state index in [2.05, 4.69) is 20.8 Å². The van der Waals surface area contributed by atoms with Gasteiger partial charge < -0.3 is 19.5 Å². The van der Waals surface area contributed by atoms with Crippen molar-refractivity contribution in [1.29, 1.82) is 0 Å². The molecule has 39 heavy (non-hydrogen) atoms. The van der Waals surface area contributed by atoms with E-state index in [-0.39, 0.29) is 29.4 Å². The summed E-state index contributed by atoms with van der Waals surface area (Å²) in [6.07, 6.45) is 0.00231. The molecule has 3 aromatic rings. The maximum Gasteiger partial charge on any atom is 0.295 e. The fourth-order valence-corrected chi connectivity index (χ4v) is 4.82. The molecule has 3 aromatic carbocycles. The molecule has 1 atom stereocenters. The Labute approximate surface area is 230 Å². The first-order valence-corrected chi connectivity index (χ1v) is 13.2. The number of rotatable bonds is 7. The minimum absolute atomic E-state index is 0.00231. The molecule has 0 aliphatic carbocycles. The summed E-state index contributed by atoms with van der Waals surface area (Å²) in [4.78, 5) is 28.4. The fraction of sp³-hybridized carbons (Fsp3) is 0.333. The van der Waals surface area contributed by atoms with E-state index in [4.69, 9.17) is 9.47 Å². The van der Waals surface area contributed by atoms with Crippen molar-refractivity contribution in [3.05, 3.63) is 100 Å². The molecule has 1 amide bonds. The van der Waals surface area contributed by atoms with Crippen molar-refractivity contribution in [1.82, 2.24) is 4.90 Å². The van der Waals surface area contributed by atoms with E-state index < -0.39 is 17.7 Å². The number of likely N-dealkylation sites (tertiary alicyclic amines) is 1. The zero-order valence-corrected chi connectivity index (χ0v) is 23.7. The van der Waals surface area contributed by atoms with E-state index in [1.165, 1.54) is 4.90 Å². The first-order chi connectivity index (χ1) is 18.4. The molecule has 204 valence electrons. The van der Waals surface area contributed by atoms with Crippen LogP contribution in [0.15, 0.2) is 72.3 Å². The van der Waals surface area contributed by atoms with Crippen LogP contribution < -0.4 is 9.47 Å². The average molecular weight is 528 g/mol. The molecule has 1 aliphatic heterocycles. The van der Waals surface area contributed by atoms with Gasteiger partial charge in [-0.3, -0.25) is 9.59 Å².